The molecule has 102 valence electrons. The van der Waals surface area contributed by atoms with Crippen molar-refractivity contribution >= 4 is 10.0 Å². The fourth-order valence-corrected chi connectivity index (χ4v) is 3.52. The number of likely N-dealkylation sites (tertiary alicyclic amines) is 1. The Morgan fingerprint density at radius 1 is 1.26 bits per heavy atom. The van der Waals surface area contributed by atoms with E-state index >= 15 is 0 Å². The minimum Gasteiger partial charge on any atom is -0.290 e. The molecule has 2 rings (SSSR count). The first-order valence-electron chi connectivity index (χ1n) is 6.28. The summed E-state index contributed by atoms with van der Waals surface area (Å²) >= 11 is 0. The smallest absolute Gasteiger partial charge is 0.240 e. The number of nitrogens with one attached hydrogen (secondary N) is 1. The number of sulfonamides is 1. The maximum atomic E-state index is 12.1. The second-order valence-corrected chi connectivity index (χ2v) is 6.36. The highest BCUT2D eigenvalue weighted by atomic mass is 32.2. The van der Waals surface area contributed by atoms with E-state index in [1.54, 1.807) is 30.3 Å². The summed E-state index contributed by atoms with van der Waals surface area (Å²) in [4.78, 5) is 2.34. The molecule has 0 amide bonds. The molecule has 0 unspecified atom stereocenters. The standard InChI is InChI=1S/C13H17N3O2S/c14-8-11-16-9-6-12(7-10-16)15-19(17,18)13-4-2-1-3-5-13/h1-5,12,15H,6-7,9-11H2. The number of benzene rings is 1. The molecular formula is C13H17N3O2S. The second-order valence-electron chi connectivity index (χ2n) is 4.64. The lowest BCUT2D eigenvalue weighted by Crippen LogP contribution is -2.44. The van der Waals surface area contributed by atoms with Crippen LogP contribution in [0.4, 0.5) is 0 Å². The summed E-state index contributed by atoms with van der Waals surface area (Å²) in [7, 11) is -3.42. The van der Waals surface area contributed by atoms with Gasteiger partial charge in [-0.2, -0.15) is 5.26 Å². The van der Waals surface area contributed by atoms with Crippen molar-refractivity contribution in [3.05, 3.63) is 30.3 Å². The number of nitriles is 1. The van der Waals surface area contributed by atoms with Gasteiger partial charge < -0.3 is 0 Å². The van der Waals surface area contributed by atoms with Crippen LogP contribution in [-0.4, -0.2) is 39.0 Å². The molecule has 1 aliphatic heterocycles. The van der Waals surface area contributed by atoms with Crippen LogP contribution in [0.1, 0.15) is 12.8 Å². The van der Waals surface area contributed by atoms with E-state index in [1.807, 2.05) is 4.90 Å². The summed E-state index contributed by atoms with van der Waals surface area (Å²) in [6.45, 7) is 1.93. The highest BCUT2D eigenvalue weighted by molar-refractivity contribution is 7.89. The minimum absolute atomic E-state index is 0.0415. The zero-order chi connectivity index (χ0) is 13.7. The van der Waals surface area contributed by atoms with Gasteiger partial charge in [0.25, 0.3) is 0 Å². The Balaban J connectivity index is 1.94. The van der Waals surface area contributed by atoms with Crippen molar-refractivity contribution in [3.63, 3.8) is 0 Å². The van der Waals surface area contributed by atoms with E-state index in [2.05, 4.69) is 10.8 Å². The van der Waals surface area contributed by atoms with E-state index in [9.17, 15) is 8.42 Å². The molecule has 6 heteroatoms. The van der Waals surface area contributed by atoms with Gasteiger partial charge in [-0.3, -0.25) is 4.90 Å². The first-order valence-corrected chi connectivity index (χ1v) is 7.77. The van der Waals surface area contributed by atoms with Crippen LogP contribution in [0.5, 0.6) is 0 Å². The van der Waals surface area contributed by atoms with Gasteiger partial charge in [-0.05, 0) is 25.0 Å². The van der Waals surface area contributed by atoms with Gasteiger partial charge in [-0.1, -0.05) is 18.2 Å². The Morgan fingerprint density at radius 3 is 2.47 bits per heavy atom. The lowest BCUT2D eigenvalue weighted by Gasteiger charge is -2.30. The van der Waals surface area contributed by atoms with Crippen molar-refractivity contribution in [2.45, 2.75) is 23.8 Å². The molecule has 0 aliphatic carbocycles. The summed E-state index contributed by atoms with van der Waals surface area (Å²) in [5, 5.41) is 8.62. The molecule has 1 aromatic carbocycles. The molecule has 1 aliphatic rings. The predicted octanol–water partition coefficient (Wildman–Crippen LogP) is 0.953. The van der Waals surface area contributed by atoms with Gasteiger partial charge in [-0.25, -0.2) is 13.1 Å². The van der Waals surface area contributed by atoms with E-state index in [1.165, 1.54) is 0 Å². The average Bonchev–Trinajstić information content (AvgIpc) is 2.42. The predicted molar refractivity (Wildman–Crippen MR) is 71.8 cm³/mol. The third kappa shape index (κ3) is 3.77. The van der Waals surface area contributed by atoms with Crippen molar-refractivity contribution in [1.29, 1.82) is 5.26 Å². The molecule has 19 heavy (non-hydrogen) atoms. The van der Waals surface area contributed by atoms with E-state index in [0.717, 1.165) is 25.9 Å². The van der Waals surface area contributed by atoms with Crippen LogP contribution >= 0.6 is 0 Å². The Kier molecular flexibility index (Phi) is 4.53. The number of nitrogens with zero attached hydrogens (tertiary/aromatic N) is 2. The number of rotatable bonds is 4. The molecule has 1 fully saturated rings. The summed E-state index contributed by atoms with van der Waals surface area (Å²) in [6.07, 6.45) is 1.49. The fourth-order valence-electron chi connectivity index (χ4n) is 2.20. The highest BCUT2D eigenvalue weighted by Gasteiger charge is 2.24. The molecule has 0 spiro atoms. The lowest BCUT2D eigenvalue weighted by molar-refractivity contribution is 0.229. The van der Waals surface area contributed by atoms with Crippen molar-refractivity contribution < 1.29 is 8.42 Å². The number of piperidine rings is 1. The molecule has 5 nitrogen and oxygen atoms in total. The highest BCUT2D eigenvalue weighted by Crippen LogP contribution is 2.14. The van der Waals surface area contributed by atoms with E-state index in [-0.39, 0.29) is 6.04 Å². The van der Waals surface area contributed by atoms with Crippen LogP contribution in [0.3, 0.4) is 0 Å². The summed E-state index contributed by atoms with van der Waals surface area (Å²) in [5.41, 5.74) is 0. The Hall–Kier alpha value is -1.42. The molecule has 0 saturated carbocycles. The molecule has 0 radical (unpaired) electrons. The van der Waals surface area contributed by atoms with Crippen LogP contribution in [0.15, 0.2) is 35.2 Å². The number of hydrogen-bond donors (Lipinski definition) is 1. The number of hydrogen-bond acceptors (Lipinski definition) is 4. The zero-order valence-electron chi connectivity index (χ0n) is 10.6. The van der Waals surface area contributed by atoms with Gasteiger partial charge in [0, 0.05) is 19.1 Å². The third-order valence-corrected chi connectivity index (χ3v) is 4.79. The van der Waals surface area contributed by atoms with Crippen molar-refractivity contribution in [1.82, 2.24) is 9.62 Å². The maximum absolute atomic E-state index is 12.1. The minimum atomic E-state index is -3.42. The normalized spacial score (nSPS) is 18.1. The Labute approximate surface area is 113 Å². The Bertz CT molecular complexity index is 543. The van der Waals surface area contributed by atoms with Crippen LogP contribution in [0, 0.1) is 11.3 Å². The molecular weight excluding hydrogens is 262 g/mol. The first kappa shape index (κ1) is 14.0. The largest absolute Gasteiger partial charge is 0.290 e. The van der Waals surface area contributed by atoms with Gasteiger partial charge in [0.15, 0.2) is 0 Å². The Morgan fingerprint density at radius 2 is 1.89 bits per heavy atom. The summed E-state index contributed by atoms with van der Waals surface area (Å²) in [6, 6.07) is 10.5. The summed E-state index contributed by atoms with van der Waals surface area (Å²) in [5.74, 6) is 0. The van der Waals surface area contributed by atoms with Gasteiger partial charge >= 0.3 is 0 Å². The molecule has 1 N–H and O–H groups in total. The fraction of sp³-hybridized carbons (Fsp3) is 0.462. The van der Waals surface area contributed by atoms with E-state index < -0.39 is 10.0 Å². The SMILES string of the molecule is N#CCN1CCC(NS(=O)(=O)c2ccccc2)CC1. The van der Waals surface area contributed by atoms with Gasteiger partial charge in [0.2, 0.25) is 10.0 Å². The van der Waals surface area contributed by atoms with Crippen molar-refractivity contribution in [3.8, 4) is 6.07 Å². The summed E-state index contributed by atoms with van der Waals surface area (Å²) < 4.78 is 27.0. The van der Waals surface area contributed by atoms with Crippen LogP contribution in [-0.2, 0) is 10.0 Å². The van der Waals surface area contributed by atoms with Gasteiger partial charge in [0.1, 0.15) is 0 Å². The van der Waals surface area contributed by atoms with Crippen molar-refractivity contribution in [2.75, 3.05) is 19.6 Å². The topological polar surface area (TPSA) is 73.2 Å². The van der Waals surface area contributed by atoms with Crippen LogP contribution in [0.2, 0.25) is 0 Å². The van der Waals surface area contributed by atoms with Crippen LogP contribution < -0.4 is 4.72 Å². The molecule has 0 atom stereocenters. The monoisotopic (exact) mass is 279 g/mol. The lowest BCUT2D eigenvalue weighted by atomic mass is 10.1. The molecule has 1 saturated heterocycles. The second kappa shape index (κ2) is 6.15. The van der Waals surface area contributed by atoms with Crippen molar-refractivity contribution in [2.24, 2.45) is 0 Å². The quantitative estimate of drug-likeness (QED) is 0.833. The molecule has 1 heterocycles. The van der Waals surface area contributed by atoms with Crippen LogP contribution in [0.25, 0.3) is 0 Å². The third-order valence-electron chi connectivity index (χ3n) is 3.26. The van der Waals surface area contributed by atoms with Gasteiger partial charge in [-0.15, -0.1) is 0 Å². The van der Waals surface area contributed by atoms with Gasteiger partial charge in [0.05, 0.1) is 17.5 Å². The molecule has 0 bridgehead atoms. The van der Waals surface area contributed by atoms with E-state index in [0.29, 0.717) is 11.4 Å². The van der Waals surface area contributed by atoms with E-state index in [4.69, 9.17) is 5.26 Å². The average molecular weight is 279 g/mol. The maximum Gasteiger partial charge on any atom is 0.240 e. The first-order chi connectivity index (χ1) is 9.12. The zero-order valence-corrected chi connectivity index (χ0v) is 11.4. The molecule has 1 aromatic rings. The molecule has 0 aromatic heterocycles.